The average Bonchev–Trinajstić information content (AvgIpc) is 3.10. The maximum Gasteiger partial charge on any atom is 0.281 e. The first kappa shape index (κ1) is 19.1. The number of fused-ring (bicyclic) bond motifs is 1. The van der Waals surface area contributed by atoms with Gasteiger partial charge in [0.05, 0.1) is 13.1 Å². The summed E-state index contributed by atoms with van der Waals surface area (Å²) < 4.78 is 3.75. The third-order valence-electron chi connectivity index (χ3n) is 5.19. The second kappa shape index (κ2) is 8.86. The standard InChI is InChI=1S/C24H26N4O/c1-2-3-6-15-21-26-22-23(28(21)17-20-13-9-5-10-14-20)25-18-27(24(22)29)16-19-11-7-4-8-12-19/h4-5,7-14,18H,2-3,6,15-17H2,1H3. The summed E-state index contributed by atoms with van der Waals surface area (Å²) in [5.74, 6) is 0.944. The normalized spacial score (nSPS) is 11.2. The second-order valence-electron chi connectivity index (χ2n) is 7.39. The molecule has 0 spiro atoms. The molecule has 4 aromatic rings. The van der Waals surface area contributed by atoms with Crippen LogP contribution in [0.2, 0.25) is 0 Å². The van der Waals surface area contributed by atoms with Gasteiger partial charge < -0.3 is 4.57 Å². The molecule has 0 fully saturated rings. The van der Waals surface area contributed by atoms with Crippen molar-refractivity contribution in [3.8, 4) is 0 Å². The maximum absolute atomic E-state index is 13.1. The van der Waals surface area contributed by atoms with Crippen molar-refractivity contribution in [1.29, 1.82) is 0 Å². The molecule has 2 aromatic carbocycles. The summed E-state index contributed by atoms with van der Waals surface area (Å²) in [7, 11) is 0. The van der Waals surface area contributed by atoms with Crippen LogP contribution in [0, 0.1) is 0 Å². The lowest BCUT2D eigenvalue weighted by atomic mass is 10.2. The van der Waals surface area contributed by atoms with Crippen molar-refractivity contribution in [2.45, 2.75) is 45.7 Å². The molecule has 0 N–H and O–H groups in total. The quantitative estimate of drug-likeness (QED) is 0.421. The summed E-state index contributed by atoms with van der Waals surface area (Å²) in [6, 6.07) is 20.2. The van der Waals surface area contributed by atoms with Crippen molar-refractivity contribution < 1.29 is 0 Å². The minimum absolute atomic E-state index is 0.0811. The van der Waals surface area contributed by atoms with Crippen LogP contribution < -0.4 is 5.56 Å². The van der Waals surface area contributed by atoms with E-state index in [1.807, 2.05) is 48.5 Å². The van der Waals surface area contributed by atoms with Crippen molar-refractivity contribution in [2.75, 3.05) is 0 Å². The van der Waals surface area contributed by atoms with Crippen LogP contribution in [-0.4, -0.2) is 19.1 Å². The van der Waals surface area contributed by atoms with Crippen LogP contribution in [0.4, 0.5) is 0 Å². The van der Waals surface area contributed by atoms with Gasteiger partial charge in [0.25, 0.3) is 5.56 Å². The van der Waals surface area contributed by atoms with Gasteiger partial charge in [0.1, 0.15) is 12.2 Å². The average molecular weight is 386 g/mol. The Bertz CT molecular complexity index is 1130. The zero-order valence-electron chi connectivity index (χ0n) is 16.8. The fourth-order valence-corrected chi connectivity index (χ4v) is 3.63. The number of benzene rings is 2. The Labute approximate surface area is 170 Å². The summed E-state index contributed by atoms with van der Waals surface area (Å²) in [5, 5.41) is 0. The number of hydrogen-bond donors (Lipinski definition) is 0. The molecule has 0 aliphatic heterocycles. The number of hydrogen-bond acceptors (Lipinski definition) is 3. The molecule has 0 amide bonds. The van der Waals surface area contributed by atoms with Crippen molar-refractivity contribution >= 4 is 11.2 Å². The van der Waals surface area contributed by atoms with Crippen molar-refractivity contribution in [3.05, 3.63) is 94.3 Å². The van der Waals surface area contributed by atoms with Crippen LogP contribution in [0.5, 0.6) is 0 Å². The molecule has 29 heavy (non-hydrogen) atoms. The van der Waals surface area contributed by atoms with E-state index < -0.39 is 0 Å². The van der Waals surface area contributed by atoms with Crippen LogP contribution >= 0.6 is 0 Å². The van der Waals surface area contributed by atoms with Crippen molar-refractivity contribution in [1.82, 2.24) is 19.1 Å². The number of imidazole rings is 1. The molecule has 0 unspecified atom stereocenters. The molecule has 2 aromatic heterocycles. The molecule has 0 saturated carbocycles. The second-order valence-corrected chi connectivity index (χ2v) is 7.39. The zero-order chi connectivity index (χ0) is 20.1. The molecule has 0 aliphatic rings. The Hall–Kier alpha value is -3.21. The maximum atomic E-state index is 13.1. The minimum Gasteiger partial charge on any atom is -0.308 e. The summed E-state index contributed by atoms with van der Waals surface area (Å²) in [6.45, 7) is 3.37. The monoisotopic (exact) mass is 386 g/mol. The van der Waals surface area contributed by atoms with Gasteiger partial charge in [0.15, 0.2) is 11.2 Å². The number of nitrogens with zero attached hydrogens (tertiary/aromatic N) is 4. The van der Waals surface area contributed by atoms with E-state index >= 15 is 0 Å². The smallest absolute Gasteiger partial charge is 0.281 e. The van der Waals surface area contributed by atoms with E-state index in [1.54, 1.807) is 10.9 Å². The van der Waals surface area contributed by atoms with Gasteiger partial charge in [-0.05, 0) is 17.5 Å². The molecule has 0 atom stereocenters. The van der Waals surface area contributed by atoms with Gasteiger partial charge in [-0.3, -0.25) is 9.36 Å². The molecule has 5 heteroatoms. The highest BCUT2D eigenvalue weighted by atomic mass is 16.1. The molecule has 0 bridgehead atoms. The SMILES string of the molecule is CCCCCc1nc2c(=O)n(Cc3ccccc3)cnc2n1Cc1ccccc1. The highest BCUT2D eigenvalue weighted by Crippen LogP contribution is 2.16. The minimum atomic E-state index is -0.0811. The van der Waals surface area contributed by atoms with E-state index in [-0.39, 0.29) is 5.56 Å². The third kappa shape index (κ3) is 4.29. The summed E-state index contributed by atoms with van der Waals surface area (Å²) in [5.41, 5.74) is 3.31. The van der Waals surface area contributed by atoms with E-state index in [0.717, 1.165) is 37.1 Å². The van der Waals surface area contributed by atoms with E-state index in [4.69, 9.17) is 4.98 Å². The Morgan fingerprint density at radius 3 is 2.17 bits per heavy atom. The van der Waals surface area contributed by atoms with Gasteiger partial charge in [-0.2, -0.15) is 0 Å². The Morgan fingerprint density at radius 2 is 1.52 bits per heavy atom. The number of unbranched alkanes of at least 4 members (excludes halogenated alkanes) is 2. The third-order valence-corrected chi connectivity index (χ3v) is 5.19. The van der Waals surface area contributed by atoms with Crippen LogP contribution in [0.1, 0.15) is 43.1 Å². The molecule has 0 aliphatic carbocycles. The van der Waals surface area contributed by atoms with E-state index in [9.17, 15) is 4.79 Å². The summed E-state index contributed by atoms with van der Waals surface area (Å²) in [4.78, 5) is 22.5. The predicted molar refractivity (Wildman–Crippen MR) is 116 cm³/mol. The van der Waals surface area contributed by atoms with Crippen molar-refractivity contribution in [3.63, 3.8) is 0 Å². The predicted octanol–water partition coefficient (Wildman–Crippen LogP) is 4.42. The first-order valence-electron chi connectivity index (χ1n) is 10.3. The molecule has 5 nitrogen and oxygen atoms in total. The molecule has 0 saturated heterocycles. The Balaban J connectivity index is 1.74. The van der Waals surface area contributed by atoms with Crippen molar-refractivity contribution in [2.24, 2.45) is 0 Å². The van der Waals surface area contributed by atoms with Gasteiger partial charge in [-0.25, -0.2) is 9.97 Å². The number of rotatable bonds is 8. The van der Waals surface area contributed by atoms with Gasteiger partial charge in [-0.15, -0.1) is 0 Å². The topological polar surface area (TPSA) is 52.7 Å². The molecular weight excluding hydrogens is 360 g/mol. The van der Waals surface area contributed by atoms with Gasteiger partial charge >= 0.3 is 0 Å². The lowest BCUT2D eigenvalue weighted by molar-refractivity contribution is 0.656. The Morgan fingerprint density at radius 1 is 0.862 bits per heavy atom. The largest absolute Gasteiger partial charge is 0.308 e. The highest BCUT2D eigenvalue weighted by molar-refractivity contribution is 5.70. The van der Waals surface area contributed by atoms with Crippen LogP contribution in [-0.2, 0) is 19.5 Å². The number of aryl methyl sites for hydroxylation is 1. The molecule has 0 radical (unpaired) electrons. The number of aromatic nitrogens is 4. The summed E-state index contributed by atoms with van der Waals surface area (Å²) in [6.07, 6.45) is 5.87. The first-order chi connectivity index (χ1) is 14.3. The fourth-order valence-electron chi connectivity index (χ4n) is 3.63. The van der Waals surface area contributed by atoms with E-state index in [2.05, 4.69) is 28.6 Å². The molecule has 148 valence electrons. The molecule has 2 heterocycles. The first-order valence-corrected chi connectivity index (χ1v) is 10.3. The fraction of sp³-hybridized carbons (Fsp3) is 0.292. The Kier molecular flexibility index (Phi) is 5.84. The zero-order valence-corrected chi connectivity index (χ0v) is 16.8. The molecular formula is C24H26N4O. The van der Waals surface area contributed by atoms with E-state index in [1.165, 1.54) is 5.56 Å². The van der Waals surface area contributed by atoms with Gasteiger partial charge in [0, 0.05) is 6.42 Å². The van der Waals surface area contributed by atoms with Crippen LogP contribution in [0.3, 0.4) is 0 Å². The molecule has 4 rings (SSSR count). The van der Waals surface area contributed by atoms with Gasteiger partial charge in [-0.1, -0.05) is 80.4 Å². The van der Waals surface area contributed by atoms with Crippen LogP contribution in [0.15, 0.2) is 71.8 Å². The highest BCUT2D eigenvalue weighted by Gasteiger charge is 2.16. The van der Waals surface area contributed by atoms with E-state index in [0.29, 0.717) is 24.3 Å². The van der Waals surface area contributed by atoms with Crippen LogP contribution in [0.25, 0.3) is 11.2 Å². The summed E-state index contributed by atoms with van der Waals surface area (Å²) >= 11 is 0. The lowest BCUT2D eigenvalue weighted by Gasteiger charge is -2.09. The van der Waals surface area contributed by atoms with Gasteiger partial charge in [0.2, 0.25) is 0 Å². The lowest BCUT2D eigenvalue weighted by Crippen LogP contribution is -2.21.